The largest absolute Gasteiger partial charge is 0.611 e. The van der Waals surface area contributed by atoms with Crippen LogP contribution in [0.4, 0.5) is 11.8 Å². The van der Waals surface area contributed by atoms with E-state index in [1.54, 1.807) is 6.07 Å². The summed E-state index contributed by atoms with van der Waals surface area (Å²) in [5.74, 6) is 1.63. The smallest absolute Gasteiger partial charge is 0.253 e. The first-order valence-corrected chi connectivity index (χ1v) is 12.9. The highest BCUT2D eigenvalue weighted by Crippen LogP contribution is 2.39. The van der Waals surface area contributed by atoms with Crippen LogP contribution in [0.1, 0.15) is 36.1 Å². The molecule has 2 aliphatic heterocycles. The molecular weight excluding hydrogens is 462 g/mol. The molecule has 4 heterocycles. The molecule has 33 heavy (non-hydrogen) atoms. The van der Waals surface area contributed by atoms with Crippen molar-refractivity contribution in [1.82, 2.24) is 15.0 Å². The maximum Gasteiger partial charge on any atom is 0.253 e. The summed E-state index contributed by atoms with van der Waals surface area (Å²) in [4.78, 5) is 28.1. The third-order valence-corrected chi connectivity index (χ3v) is 8.82. The highest BCUT2D eigenvalue weighted by molar-refractivity contribution is 7.91. The Morgan fingerprint density at radius 2 is 2.12 bits per heavy atom. The van der Waals surface area contributed by atoms with Gasteiger partial charge in [-0.05, 0) is 54.6 Å². The average Bonchev–Trinajstić information content (AvgIpc) is 3.16. The minimum Gasteiger partial charge on any atom is -0.611 e. The number of nitrogens with one attached hydrogen (secondary N) is 2. The minimum absolute atomic E-state index is 0.0112. The first kappa shape index (κ1) is 21.2. The van der Waals surface area contributed by atoms with Crippen molar-refractivity contribution >= 4 is 45.4 Å². The Kier molecular flexibility index (Phi) is 5.06. The van der Waals surface area contributed by atoms with Crippen LogP contribution in [0.15, 0.2) is 27.9 Å². The lowest BCUT2D eigenvalue weighted by Crippen LogP contribution is -2.49. The highest BCUT2D eigenvalue weighted by Gasteiger charge is 2.41. The Hall–Kier alpha value is -2.33. The van der Waals surface area contributed by atoms with Crippen LogP contribution >= 0.6 is 11.6 Å². The molecular formula is C23H24ClN5O3S. The maximum atomic E-state index is 12.9. The standard InChI is InChI=1S/C23H24ClN5O3S/c24-13-2-3-15-14-4-8-29(11-16(14)21(31)25-18(15)10-13)22-26-17-5-9-33(32)19(17)20(27-22)28-23(12-30)6-1-7-23/h2-3,10,30H,1,4-9,11-12H2,(H,25,31)(H,26,27,28)/t33-/m1/s1. The van der Waals surface area contributed by atoms with Gasteiger partial charge in [0.25, 0.3) is 5.56 Å². The molecule has 3 aromatic rings. The van der Waals surface area contributed by atoms with Gasteiger partial charge in [0.1, 0.15) is 11.4 Å². The molecule has 0 saturated heterocycles. The van der Waals surface area contributed by atoms with E-state index in [9.17, 15) is 14.5 Å². The minimum atomic E-state index is -1.15. The molecule has 1 atom stereocenters. The van der Waals surface area contributed by atoms with Crippen LogP contribution in [-0.2, 0) is 30.6 Å². The van der Waals surface area contributed by atoms with Gasteiger partial charge in [0.2, 0.25) is 10.8 Å². The molecule has 3 aliphatic rings. The first-order chi connectivity index (χ1) is 16.0. The van der Waals surface area contributed by atoms with Crippen molar-refractivity contribution in [3.8, 4) is 0 Å². The average molecular weight is 486 g/mol. The number of aliphatic hydroxyl groups excluding tert-OH is 1. The lowest BCUT2D eigenvalue weighted by atomic mass is 9.77. The molecule has 0 spiro atoms. The zero-order valence-electron chi connectivity index (χ0n) is 18.0. The molecule has 10 heteroatoms. The number of rotatable bonds is 4. The van der Waals surface area contributed by atoms with Gasteiger partial charge in [-0.3, -0.25) is 4.79 Å². The number of pyridine rings is 1. The van der Waals surface area contributed by atoms with Gasteiger partial charge in [-0.1, -0.05) is 17.7 Å². The lowest BCUT2D eigenvalue weighted by molar-refractivity contribution is 0.143. The molecule has 1 aromatic carbocycles. The third-order valence-electron chi connectivity index (χ3n) is 7.13. The molecule has 1 aliphatic carbocycles. The molecule has 0 amide bonds. The van der Waals surface area contributed by atoms with Crippen LogP contribution < -0.4 is 15.8 Å². The summed E-state index contributed by atoms with van der Waals surface area (Å²) >= 11 is 4.96. The fraction of sp³-hybridized carbons (Fsp3) is 0.435. The number of nitrogens with zero attached hydrogens (tertiary/aromatic N) is 3. The van der Waals surface area contributed by atoms with Crippen molar-refractivity contribution in [2.75, 3.05) is 29.1 Å². The summed E-state index contributed by atoms with van der Waals surface area (Å²) < 4.78 is 12.7. The molecule has 1 fully saturated rings. The number of benzene rings is 1. The van der Waals surface area contributed by atoms with Gasteiger partial charge in [0.15, 0.2) is 5.82 Å². The summed E-state index contributed by atoms with van der Waals surface area (Å²) in [7, 11) is 0. The van der Waals surface area contributed by atoms with Gasteiger partial charge in [-0.2, -0.15) is 4.98 Å². The Labute approximate surface area is 198 Å². The number of aromatic nitrogens is 3. The van der Waals surface area contributed by atoms with Gasteiger partial charge in [-0.15, -0.1) is 0 Å². The van der Waals surface area contributed by atoms with Crippen LogP contribution in [-0.4, -0.2) is 49.1 Å². The predicted molar refractivity (Wildman–Crippen MR) is 129 cm³/mol. The SMILES string of the molecule is O=c1[nH]c2cc(Cl)ccc2c2c1CN(c1nc3c(c(NC4(CO)CCC4)n1)[S@+]([O-])CC3)CC2. The van der Waals surface area contributed by atoms with Crippen LogP contribution in [0.3, 0.4) is 0 Å². The molecule has 1 saturated carbocycles. The van der Waals surface area contributed by atoms with Gasteiger partial charge in [0.05, 0.1) is 24.2 Å². The van der Waals surface area contributed by atoms with E-state index in [0.29, 0.717) is 58.9 Å². The molecule has 8 nitrogen and oxygen atoms in total. The third kappa shape index (κ3) is 3.49. The van der Waals surface area contributed by atoms with Crippen LogP contribution in [0, 0.1) is 0 Å². The molecule has 172 valence electrons. The number of aromatic amines is 1. The monoisotopic (exact) mass is 485 g/mol. The van der Waals surface area contributed by atoms with Crippen molar-refractivity contribution in [2.24, 2.45) is 0 Å². The molecule has 0 unspecified atom stereocenters. The van der Waals surface area contributed by atoms with Gasteiger partial charge < -0.3 is 24.9 Å². The van der Waals surface area contributed by atoms with E-state index in [1.807, 2.05) is 17.0 Å². The summed E-state index contributed by atoms with van der Waals surface area (Å²) in [5, 5.41) is 14.9. The Balaban J connectivity index is 1.39. The van der Waals surface area contributed by atoms with Crippen molar-refractivity contribution in [3.05, 3.63) is 50.4 Å². The van der Waals surface area contributed by atoms with Crippen molar-refractivity contribution in [1.29, 1.82) is 0 Å². The topological polar surface area (TPSA) is 117 Å². The van der Waals surface area contributed by atoms with Crippen LogP contribution in [0.2, 0.25) is 5.02 Å². The summed E-state index contributed by atoms with van der Waals surface area (Å²) in [5.41, 5.74) is 2.76. The number of H-pyrrole nitrogens is 1. The maximum absolute atomic E-state index is 12.9. The van der Waals surface area contributed by atoms with Gasteiger partial charge in [0, 0.05) is 28.9 Å². The number of aryl methyl sites for hydroxylation is 1. The van der Waals surface area contributed by atoms with E-state index >= 15 is 0 Å². The number of fused-ring (bicyclic) bond motifs is 4. The fourth-order valence-electron chi connectivity index (χ4n) is 5.11. The summed E-state index contributed by atoms with van der Waals surface area (Å²) in [6, 6.07) is 5.58. The molecule has 0 bridgehead atoms. The second-order valence-electron chi connectivity index (χ2n) is 9.14. The first-order valence-electron chi connectivity index (χ1n) is 11.2. The number of hydrogen-bond acceptors (Lipinski definition) is 7. The van der Waals surface area contributed by atoms with Crippen molar-refractivity contribution < 1.29 is 9.66 Å². The zero-order valence-corrected chi connectivity index (χ0v) is 19.6. The number of halogens is 1. The Bertz CT molecular complexity index is 1320. The highest BCUT2D eigenvalue weighted by atomic mass is 35.5. The second-order valence-corrected chi connectivity index (χ2v) is 11.1. The molecule has 3 N–H and O–H groups in total. The molecule has 6 rings (SSSR count). The number of anilines is 2. The lowest BCUT2D eigenvalue weighted by Gasteiger charge is -2.41. The summed E-state index contributed by atoms with van der Waals surface area (Å²) in [6.45, 7) is 1.08. The zero-order chi connectivity index (χ0) is 22.7. The number of hydrogen-bond donors (Lipinski definition) is 3. The van der Waals surface area contributed by atoms with Crippen molar-refractivity contribution in [2.45, 2.75) is 49.1 Å². The van der Waals surface area contributed by atoms with Gasteiger partial charge in [-0.25, -0.2) is 4.98 Å². The number of aliphatic hydroxyl groups is 1. The normalized spacial score (nSPS) is 20.9. The van der Waals surface area contributed by atoms with Crippen LogP contribution in [0.25, 0.3) is 10.9 Å². The Morgan fingerprint density at radius 1 is 1.27 bits per heavy atom. The quantitative estimate of drug-likeness (QED) is 0.486. The molecule has 0 radical (unpaired) electrons. The van der Waals surface area contributed by atoms with E-state index in [2.05, 4.69) is 10.3 Å². The van der Waals surface area contributed by atoms with E-state index in [1.165, 1.54) is 0 Å². The molecule has 2 aromatic heterocycles. The summed E-state index contributed by atoms with van der Waals surface area (Å²) in [6.07, 6.45) is 4.07. The fourth-order valence-corrected chi connectivity index (χ4v) is 6.59. The van der Waals surface area contributed by atoms with E-state index in [-0.39, 0.29) is 12.2 Å². The van der Waals surface area contributed by atoms with Crippen molar-refractivity contribution in [3.63, 3.8) is 0 Å². The van der Waals surface area contributed by atoms with E-state index in [0.717, 1.165) is 41.4 Å². The van der Waals surface area contributed by atoms with Crippen LogP contribution in [0.5, 0.6) is 0 Å². The van der Waals surface area contributed by atoms with Gasteiger partial charge >= 0.3 is 0 Å². The Morgan fingerprint density at radius 3 is 2.88 bits per heavy atom. The van der Waals surface area contributed by atoms with E-state index < -0.39 is 16.7 Å². The predicted octanol–water partition coefficient (Wildman–Crippen LogP) is 2.52. The second kappa shape index (κ2) is 7.87. The van der Waals surface area contributed by atoms with E-state index in [4.69, 9.17) is 21.6 Å².